The van der Waals surface area contributed by atoms with Crippen molar-refractivity contribution < 1.29 is 18.9 Å². The monoisotopic (exact) mass is 372 g/mol. The molecule has 0 bridgehead atoms. The van der Waals surface area contributed by atoms with Crippen LogP contribution in [0.1, 0.15) is 92.4 Å². The van der Waals surface area contributed by atoms with E-state index in [4.69, 9.17) is 18.9 Å². The number of ether oxygens (including phenoxy) is 4. The van der Waals surface area contributed by atoms with Crippen molar-refractivity contribution in [3.63, 3.8) is 0 Å². The van der Waals surface area contributed by atoms with Crippen LogP contribution in [-0.2, 0) is 18.9 Å². The first-order chi connectivity index (χ1) is 12.6. The maximum Gasteiger partial charge on any atom is 0.285 e. The predicted molar refractivity (Wildman–Crippen MR) is 107 cm³/mol. The predicted octanol–water partition coefficient (Wildman–Crippen LogP) is 5.93. The molecule has 4 heteroatoms. The zero-order valence-electron chi connectivity index (χ0n) is 18.1. The van der Waals surface area contributed by atoms with Crippen molar-refractivity contribution >= 4 is 0 Å². The summed E-state index contributed by atoms with van der Waals surface area (Å²) in [5, 5.41) is 0. The molecule has 1 saturated heterocycles. The summed E-state index contributed by atoms with van der Waals surface area (Å²) in [5.41, 5.74) is 0. The van der Waals surface area contributed by atoms with Gasteiger partial charge in [0.25, 0.3) is 5.97 Å². The Kier molecular flexibility index (Phi) is 12.8. The van der Waals surface area contributed by atoms with Crippen molar-refractivity contribution in [2.24, 2.45) is 11.8 Å². The molecule has 1 rings (SSSR count). The van der Waals surface area contributed by atoms with E-state index in [1.807, 2.05) is 20.8 Å². The largest absolute Gasteiger partial charge is 0.373 e. The normalized spacial score (nSPS) is 19.5. The minimum absolute atomic E-state index is 0.266. The van der Waals surface area contributed by atoms with E-state index in [1.165, 1.54) is 38.5 Å². The van der Waals surface area contributed by atoms with E-state index in [-0.39, 0.29) is 5.92 Å². The Hall–Kier alpha value is -0.160. The van der Waals surface area contributed by atoms with Gasteiger partial charge < -0.3 is 18.9 Å². The van der Waals surface area contributed by atoms with Crippen LogP contribution in [0, 0.1) is 11.8 Å². The van der Waals surface area contributed by atoms with Gasteiger partial charge in [0.2, 0.25) is 0 Å². The summed E-state index contributed by atoms with van der Waals surface area (Å²) in [6.07, 6.45) is 11.6. The number of unbranched alkanes of at least 4 members (excludes halogenated alkanes) is 5. The lowest BCUT2D eigenvalue weighted by atomic mass is 9.86. The Bertz CT molecular complexity index is 313. The Morgan fingerprint density at radius 1 is 0.885 bits per heavy atom. The average Bonchev–Trinajstić information content (AvgIpc) is 3.41. The molecule has 1 aliphatic rings. The van der Waals surface area contributed by atoms with Gasteiger partial charge in [0, 0.05) is 25.7 Å². The number of hydrogen-bond donors (Lipinski definition) is 0. The van der Waals surface area contributed by atoms with Gasteiger partial charge in [-0.1, -0.05) is 52.4 Å². The second kappa shape index (κ2) is 13.9. The van der Waals surface area contributed by atoms with Gasteiger partial charge in [0.1, 0.15) is 0 Å². The molecule has 1 aliphatic heterocycles. The summed E-state index contributed by atoms with van der Waals surface area (Å²) in [5.74, 6) is -0.0315. The molecule has 0 aromatic heterocycles. The third kappa shape index (κ3) is 9.16. The molecule has 1 heterocycles. The first kappa shape index (κ1) is 23.9. The molecule has 3 unspecified atom stereocenters. The van der Waals surface area contributed by atoms with Crippen molar-refractivity contribution in [1.82, 2.24) is 0 Å². The topological polar surface area (TPSA) is 40.2 Å². The Balaban J connectivity index is 2.69. The Labute approximate surface area is 162 Å². The SMILES string of the molecule is CCCCCCCCC(CC(C)CC1CO1)C(OCC)(OCC)OCC. The molecular formula is C22H44O4. The lowest BCUT2D eigenvalue weighted by Gasteiger charge is -2.40. The maximum absolute atomic E-state index is 6.11. The van der Waals surface area contributed by atoms with Crippen LogP contribution in [0.25, 0.3) is 0 Å². The smallest absolute Gasteiger partial charge is 0.285 e. The highest BCUT2D eigenvalue weighted by atomic mass is 16.9. The third-order valence-corrected chi connectivity index (χ3v) is 5.20. The van der Waals surface area contributed by atoms with Crippen LogP contribution in [0.15, 0.2) is 0 Å². The van der Waals surface area contributed by atoms with E-state index < -0.39 is 5.97 Å². The molecule has 0 aliphatic carbocycles. The van der Waals surface area contributed by atoms with E-state index in [2.05, 4.69) is 13.8 Å². The molecule has 156 valence electrons. The number of hydrogen-bond acceptors (Lipinski definition) is 4. The van der Waals surface area contributed by atoms with Crippen molar-refractivity contribution in [3.8, 4) is 0 Å². The summed E-state index contributed by atoms with van der Waals surface area (Å²) in [6, 6.07) is 0. The molecular weight excluding hydrogens is 328 g/mol. The molecule has 3 atom stereocenters. The van der Waals surface area contributed by atoms with E-state index in [0.29, 0.717) is 31.8 Å². The zero-order valence-corrected chi connectivity index (χ0v) is 18.1. The fraction of sp³-hybridized carbons (Fsp3) is 1.00. The quantitative estimate of drug-likeness (QED) is 0.170. The molecule has 1 fully saturated rings. The fourth-order valence-electron chi connectivity index (χ4n) is 3.93. The molecule has 26 heavy (non-hydrogen) atoms. The highest BCUT2D eigenvalue weighted by Crippen LogP contribution is 2.37. The molecule has 0 saturated carbocycles. The van der Waals surface area contributed by atoms with Gasteiger partial charge in [-0.2, -0.15) is 0 Å². The van der Waals surface area contributed by atoms with Gasteiger partial charge >= 0.3 is 0 Å². The van der Waals surface area contributed by atoms with Crippen LogP contribution in [0.4, 0.5) is 0 Å². The van der Waals surface area contributed by atoms with Gasteiger partial charge in [-0.05, 0) is 46.0 Å². The number of rotatable bonds is 18. The molecule has 0 N–H and O–H groups in total. The highest BCUT2D eigenvalue weighted by Gasteiger charge is 2.42. The lowest BCUT2D eigenvalue weighted by Crippen LogP contribution is -2.47. The minimum Gasteiger partial charge on any atom is -0.373 e. The van der Waals surface area contributed by atoms with Crippen LogP contribution in [0.2, 0.25) is 0 Å². The highest BCUT2D eigenvalue weighted by molar-refractivity contribution is 4.79. The van der Waals surface area contributed by atoms with Crippen LogP contribution < -0.4 is 0 Å². The first-order valence-electron chi connectivity index (χ1n) is 11.1. The van der Waals surface area contributed by atoms with E-state index in [9.17, 15) is 0 Å². The average molecular weight is 373 g/mol. The Morgan fingerprint density at radius 3 is 1.92 bits per heavy atom. The summed E-state index contributed by atoms with van der Waals surface area (Å²) < 4.78 is 23.8. The molecule has 0 spiro atoms. The molecule has 0 radical (unpaired) electrons. The summed E-state index contributed by atoms with van der Waals surface area (Å²) >= 11 is 0. The molecule has 0 aromatic rings. The van der Waals surface area contributed by atoms with Gasteiger partial charge in [0.05, 0.1) is 12.7 Å². The van der Waals surface area contributed by atoms with Crippen LogP contribution in [0.5, 0.6) is 0 Å². The van der Waals surface area contributed by atoms with Crippen molar-refractivity contribution in [3.05, 3.63) is 0 Å². The first-order valence-corrected chi connectivity index (χ1v) is 11.1. The second-order valence-electron chi connectivity index (χ2n) is 7.69. The van der Waals surface area contributed by atoms with Crippen LogP contribution in [-0.4, -0.2) is 38.5 Å². The molecule has 0 amide bonds. The standard InChI is InChI=1S/C22H44O4/c1-6-10-11-12-13-14-15-20(16-19(5)17-21-18-23-21)22(24-7-2,25-8-3)26-9-4/h19-21H,6-18H2,1-5H3. The van der Waals surface area contributed by atoms with E-state index in [0.717, 1.165) is 25.9 Å². The summed E-state index contributed by atoms with van der Waals surface area (Å²) in [4.78, 5) is 0. The minimum atomic E-state index is -0.889. The maximum atomic E-state index is 6.11. The second-order valence-corrected chi connectivity index (χ2v) is 7.69. The summed E-state index contributed by atoms with van der Waals surface area (Å²) in [6.45, 7) is 13.4. The van der Waals surface area contributed by atoms with Gasteiger partial charge in [-0.15, -0.1) is 0 Å². The van der Waals surface area contributed by atoms with Crippen LogP contribution in [0.3, 0.4) is 0 Å². The van der Waals surface area contributed by atoms with Gasteiger partial charge in [0.15, 0.2) is 0 Å². The van der Waals surface area contributed by atoms with Crippen molar-refractivity contribution in [1.29, 1.82) is 0 Å². The molecule has 4 nitrogen and oxygen atoms in total. The van der Waals surface area contributed by atoms with E-state index >= 15 is 0 Å². The van der Waals surface area contributed by atoms with Crippen LogP contribution >= 0.6 is 0 Å². The fourth-order valence-corrected chi connectivity index (χ4v) is 3.93. The lowest BCUT2D eigenvalue weighted by molar-refractivity contribution is -0.404. The third-order valence-electron chi connectivity index (χ3n) is 5.20. The number of epoxide rings is 1. The van der Waals surface area contributed by atoms with Crippen molar-refractivity contribution in [2.75, 3.05) is 26.4 Å². The van der Waals surface area contributed by atoms with Gasteiger partial charge in [-0.3, -0.25) is 0 Å². The zero-order chi connectivity index (χ0) is 19.3. The van der Waals surface area contributed by atoms with E-state index in [1.54, 1.807) is 0 Å². The summed E-state index contributed by atoms with van der Waals surface area (Å²) in [7, 11) is 0. The molecule has 0 aromatic carbocycles. The van der Waals surface area contributed by atoms with Gasteiger partial charge in [-0.25, -0.2) is 0 Å². The van der Waals surface area contributed by atoms with Crippen molar-refractivity contribution in [2.45, 2.75) is 104 Å². The Morgan fingerprint density at radius 2 is 1.42 bits per heavy atom.